The summed E-state index contributed by atoms with van der Waals surface area (Å²) in [4.78, 5) is 11.9. The lowest BCUT2D eigenvalue weighted by atomic mass is 10.1. The number of carbonyl (C=O) groups is 1. The Morgan fingerprint density at radius 3 is 2.89 bits per heavy atom. The van der Waals surface area contributed by atoms with Crippen LogP contribution in [-0.4, -0.2) is 11.9 Å². The number of aryl methyl sites for hydroxylation is 2. The number of hydrogen-bond donors (Lipinski definition) is 2. The molecule has 0 spiro atoms. The van der Waals surface area contributed by atoms with Crippen LogP contribution in [0.15, 0.2) is 18.2 Å². The zero-order chi connectivity index (χ0) is 12.5. The van der Waals surface area contributed by atoms with E-state index in [0.29, 0.717) is 12.3 Å². The molecule has 0 aromatic heterocycles. The summed E-state index contributed by atoms with van der Waals surface area (Å²) in [5.74, 6) is 0.628. The van der Waals surface area contributed by atoms with Crippen LogP contribution in [0.3, 0.4) is 0 Å². The molecule has 1 amide bonds. The second-order valence-electron chi connectivity index (χ2n) is 5.59. The van der Waals surface area contributed by atoms with E-state index < -0.39 is 0 Å². The van der Waals surface area contributed by atoms with Gasteiger partial charge in [0, 0.05) is 18.2 Å². The minimum Gasteiger partial charge on any atom is -0.327 e. The lowest BCUT2D eigenvalue weighted by Crippen LogP contribution is -2.28. The summed E-state index contributed by atoms with van der Waals surface area (Å²) < 4.78 is 0. The highest BCUT2D eigenvalue weighted by atomic mass is 16.1. The van der Waals surface area contributed by atoms with Crippen molar-refractivity contribution in [3.8, 4) is 0 Å². The Kier molecular flexibility index (Phi) is 3.08. The van der Waals surface area contributed by atoms with E-state index in [9.17, 15) is 4.79 Å². The molecule has 1 aromatic carbocycles. The minimum atomic E-state index is 0.0411. The van der Waals surface area contributed by atoms with Crippen LogP contribution in [-0.2, 0) is 17.6 Å². The van der Waals surface area contributed by atoms with Crippen molar-refractivity contribution < 1.29 is 4.79 Å². The maximum atomic E-state index is 11.9. The van der Waals surface area contributed by atoms with Crippen molar-refractivity contribution in [3.05, 3.63) is 29.3 Å². The number of rotatable bonds is 4. The monoisotopic (exact) mass is 244 g/mol. The van der Waals surface area contributed by atoms with Gasteiger partial charge in [-0.25, -0.2) is 0 Å². The van der Waals surface area contributed by atoms with E-state index in [4.69, 9.17) is 5.73 Å². The molecule has 0 saturated heterocycles. The van der Waals surface area contributed by atoms with Crippen LogP contribution in [0.2, 0.25) is 0 Å². The van der Waals surface area contributed by atoms with Gasteiger partial charge in [-0.1, -0.05) is 6.07 Å². The predicted molar refractivity (Wildman–Crippen MR) is 72.4 cm³/mol. The van der Waals surface area contributed by atoms with Gasteiger partial charge in [0.25, 0.3) is 0 Å². The summed E-state index contributed by atoms with van der Waals surface area (Å²) in [5, 5.41) is 2.97. The number of benzene rings is 1. The average molecular weight is 244 g/mol. The highest BCUT2D eigenvalue weighted by molar-refractivity contribution is 5.91. The Hall–Kier alpha value is -1.35. The Morgan fingerprint density at radius 1 is 1.33 bits per heavy atom. The predicted octanol–water partition coefficient (Wildman–Crippen LogP) is 2.24. The summed E-state index contributed by atoms with van der Waals surface area (Å²) in [5.41, 5.74) is 9.70. The highest BCUT2D eigenvalue weighted by Crippen LogP contribution is 2.33. The van der Waals surface area contributed by atoms with Gasteiger partial charge in [-0.05, 0) is 61.3 Å². The number of nitrogens with two attached hydrogens (primary N) is 1. The number of hydrogen-bond acceptors (Lipinski definition) is 2. The topological polar surface area (TPSA) is 55.1 Å². The molecule has 1 aromatic rings. The van der Waals surface area contributed by atoms with Gasteiger partial charge in [0.1, 0.15) is 0 Å². The van der Waals surface area contributed by atoms with E-state index >= 15 is 0 Å². The fraction of sp³-hybridized carbons (Fsp3) is 0.533. The van der Waals surface area contributed by atoms with Gasteiger partial charge < -0.3 is 11.1 Å². The maximum Gasteiger partial charge on any atom is 0.225 e. The first-order valence-electron chi connectivity index (χ1n) is 6.89. The normalized spacial score (nSPS) is 19.4. The molecule has 3 nitrogen and oxygen atoms in total. The van der Waals surface area contributed by atoms with Gasteiger partial charge in [-0.2, -0.15) is 0 Å². The molecule has 3 N–H and O–H groups in total. The van der Waals surface area contributed by atoms with Crippen LogP contribution >= 0.6 is 0 Å². The Bertz CT molecular complexity index is 466. The molecule has 0 radical (unpaired) electrons. The number of anilines is 1. The summed E-state index contributed by atoms with van der Waals surface area (Å²) in [6, 6.07) is 6.30. The molecule has 0 heterocycles. The molecule has 1 unspecified atom stereocenters. The SMILES string of the molecule is NC(CC(=O)Nc1ccc2c(c1)CCC2)C1CC1. The van der Waals surface area contributed by atoms with Crippen LogP contribution < -0.4 is 11.1 Å². The number of amides is 1. The van der Waals surface area contributed by atoms with Crippen molar-refractivity contribution in [3.63, 3.8) is 0 Å². The molecule has 1 fully saturated rings. The van der Waals surface area contributed by atoms with Crippen LogP contribution in [0.25, 0.3) is 0 Å². The molecular weight excluding hydrogens is 224 g/mol. The van der Waals surface area contributed by atoms with Gasteiger partial charge in [0.2, 0.25) is 5.91 Å². The first-order valence-corrected chi connectivity index (χ1v) is 6.89. The quantitative estimate of drug-likeness (QED) is 0.853. The van der Waals surface area contributed by atoms with Crippen molar-refractivity contribution in [2.24, 2.45) is 11.7 Å². The highest BCUT2D eigenvalue weighted by Gasteiger charge is 2.29. The molecular formula is C15H20N2O. The largest absolute Gasteiger partial charge is 0.327 e. The molecule has 1 atom stereocenters. The third-order valence-electron chi connectivity index (χ3n) is 4.03. The van der Waals surface area contributed by atoms with Crippen LogP contribution in [0.4, 0.5) is 5.69 Å². The maximum absolute atomic E-state index is 11.9. The molecule has 0 bridgehead atoms. The lowest BCUT2D eigenvalue weighted by molar-refractivity contribution is -0.116. The molecule has 3 rings (SSSR count). The molecule has 2 aliphatic carbocycles. The summed E-state index contributed by atoms with van der Waals surface area (Å²) >= 11 is 0. The lowest BCUT2D eigenvalue weighted by Gasteiger charge is -2.11. The van der Waals surface area contributed by atoms with Crippen molar-refractivity contribution in [1.82, 2.24) is 0 Å². The van der Waals surface area contributed by atoms with E-state index in [0.717, 1.165) is 12.1 Å². The van der Waals surface area contributed by atoms with Gasteiger partial charge in [-0.3, -0.25) is 4.79 Å². The van der Waals surface area contributed by atoms with E-state index in [1.165, 1.54) is 36.8 Å². The van der Waals surface area contributed by atoms with Gasteiger partial charge in [0.05, 0.1) is 0 Å². The summed E-state index contributed by atoms with van der Waals surface area (Å²) in [6.45, 7) is 0. The van der Waals surface area contributed by atoms with Gasteiger partial charge in [0.15, 0.2) is 0 Å². The molecule has 1 saturated carbocycles. The standard InChI is InChI=1S/C15H20N2O/c16-14(11-4-5-11)9-15(18)17-13-7-6-10-2-1-3-12(10)8-13/h6-8,11,14H,1-5,9,16H2,(H,17,18). The smallest absolute Gasteiger partial charge is 0.225 e. The third-order valence-corrected chi connectivity index (χ3v) is 4.03. The second kappa shape index (κ2) is 4.73. The van der Waals surface area contributed by atoms with Crippen molar-refractivity contribution in [1.29, 1.82) is 0 Å². The van der Waals surface area contributed by atoms with Crippen molar-refractivity contribution in [2.45, 2.75) is 44.6 Å². The fourth-order valence-electron chi connectivity index (χ4n) is 2.77. The Labute approximate surface area is 108 Å². The van der Waals surface area contributed by atoms with Crippen LogP contribution in [0, 0.1) is 5.92 Å². The summed E-state index contributed by atoms with van der Waals surface area (Å²) in [7, 11) is 0. The Balaban J connectivity index is 1.59. The number of carbonyl (C=O) groups excluding carboxylic acids is 1. The Morgan fingerprint density at radius 2 is 2.11 bits per heavy atom. The molecule has 0 aliphatic heterocycles. The molecule has 2 aliphatic rings. The molecule has 18 heavy (non-hydrogen) atoms. The molecule has 3 heteroatoms. The summed E-state index contributed by atoms with van der Waals surface area (Å²) in [6.07, 6.45) is 6.37. The van der Waals surface area contributed by atoms with Crippen LogP contribution in [0.5, 0.6) is 0 Å². The van der Waals surface area contributed by atoms with E-state index in [2.05, 4.69) is 17.4 Å². The fourth-order valence-corrected chi connectivity index (χ4v) is 2.77. The average Bonchev–Trinajstić information content (AvgIpc) is 3.08. The van der Waals surface area contributed by atoms with E-state index in [-0.39, 0.29) is 11.9 Å². The van der Waals surface area contributed by atoms with Gasteiger partial charge >= 0.3 is 0 Å². The zero-order valence-electron chi connectivity index (χ0n) is 10.6. The van der Waals surface area contributed by atoms with Gasteiger partial charge in [-0.15, -0.1) is 0 Å². The number of nitrogens with one attached hydrogen (secondary N) is 1. The van der Waals surface area contributed by atoms with E-state index in [1.807, 2.05) is 6.07 Å². The minimum absolute atomic E-state index is 0.0411. The van der Waals surface area contributed by atoms with Crippen molar-refractivity contribution in [2.75, 3.05) is 5.32 Å². The first-order chi connectivity index (χ1) is 8.72. The van der Waals surface area contributed by atoms with Crippen molar-refractivity contribution >= 4 is 11.6 Å². The van der Waals surface area contributed by atoms with Crippen LogP contribution in [0.1, 0.15) is 36.8 Å². The second-order valence-corrected chi connectivity index (χ2v) is 5.59. The number of fused-ring (bicyclic) bond motifs is 1. The zero-order valence-corrected chi connectivity index (χ0v) is 10.6. The molecule has 96 valence electrons. The first kappa shape index (κ1) is 11.7. The van der Waals surface area contributed by atoms with E-state index in [1.54, 1.807) is 0 Å². The third kappa shape index (κ3) is 2.56.